The zero-order chi connectivity index (χ0) is 10.5. The molecule has 15 heavy (non-hydrogen) atoms. The molecule has 0 spiro atoms. The lowest BCUT2D eigenvalue weighted by Gasteiger charge is -2.01. The maximum Gasteiger partial charge on any atom is 0.209 e. The summed E-state index contributed by atoms with van der Waals surface area (Å²) in [5.74, 6) is 1.29. The Bertz CT molecular complexity index is 376. The molecule has 2 fully saturated rings. The van der Waals surface area contributed by atoms with Crippen molar-refractivity contribution in [1.82, 2.24) is 20.2 Å². The summed E-state index contributed by atoms with van der Waals surface area (Å²) in [6.45, 7) is 0. The number of hydrogen-bond acceptors (Lipinski definition) is 4. The van der Waals surface area contributed by atoms with Crippen molar-refractivity contribution in [2.75, 3.05) is 5.75 Å². The lowest BCUT2D eigenvalue weighted by Crippen LogP contribution is -2.00. The molecular weight excluding hydrogens is 255 g/mol. The van der Waals surface area contributed by atoms with Gasteiger partial charge < -0.3 is 0 Å². The first-order valence-electron chi connectivity index (χ1n) is 4.95. The molecule has 1 aromatic heterocycles. The molecule has 1 heterocycles. The van der Waals surface area contributed by atoms with Gasteiger partial charge in [0.15, 0.2) is 0 Å². The van der Waals surface area contributed by atoms with E-state index in [0.29, 0.717) is 12.0 Å². The van der Waals surface area contributed by atoms with Crippen molar-refractivity contribution in [3.8, 4) is 0 Å². The molecule has 3 rings (SSSR count). The summed E-state index contributed by atoms with van der Waals surface area (Å²) in [6, 6.07) is 0.526. The van der Waals surface area contributed by atoms with Gasteiger partial charge in [-0.15, -0.1) is 28.3 Å². The summed E-state index contributed by atoms with van der Waals surface area (Å²) in [5.41, 5.74) is 0. The van der Waals surface area contributed by atoms with Gasteiger partial charge in [0.2, 0.25) is 5.16 Å². The highest BCUT2D eigenvalue weighted by Crippen LogP contribution is 2.54. The topological polar surface area (TPSA) is 43.6 Å². The third-order valence-electron chi connectivity index (χ3n) is 2.72. The molecule has 7 heteroatoms. The van der Waals surface area contributed by atoms with Crippen LogP contribution in [-0.2, 0) is 0 Å². The van der Waals surface area contributed by atoms with E-state index in [1.165, 1.54) is 12.8 Å². The molecule has 0 radical (unpaired) electrons. The molecule has 0 N–H and O–H groups in total. The van der Waals surface area contributed by atoms with Gasteiger partial charge in [-0.2, -0.15) is 0 Å². The van der Waals surface area contributed by atoms with E-state index in [1.54, 1.807) is 11.8 Å². The van der Waals surface area contributed by atoms with Crippen molar-refractivity contribution in [1.29, 1.82) is 0 Å². The number of nitrogens with zero attached hydrogens (tertiary/aromatic N) is 4. The normalized spacial score (nSPS) is 28.0. The molecule has 0 aliphatic heterocycles. The Morgan fingerprint density at radius 2 is 2.20 bits per heavy atom. The number of thioether (sulfide) groups is 1. The predicted octanol–water partition coefficient (Wildman–Crippen LogP) is 2.29. The van der Waals surface area contributed by atoms with Crippen LogP contribution in [0.15, 0.2) is 5.16 Å². The van der Waals surface area contributed by atoms with Crippen LogP contribution in [0, 0.1) is 5.92 Å². The summed E-state index contributed by atoms with van der Waals surface area (Å²) in [5, 5.41) is 12.6. The summed E-state index contributed by atoms with van der Waals surface area (Å²) in [4.78, 5) is 0. The van der Waals surface area contributed by atoms with E-state index in [9.17, 15) is 0 Å². The van der Waals surface area contributed by atoms with Crippen LogP contribution in [0.4, 0.5) is 0 Å². The van der Waals surface area contributed by atoms with E-state index in [0.717, 1.165) is 17.3 Å². The Balaban J connectivity index is 1.60. The summed E-state index contributed by atoms with van der Waals surface area (Å²) in [6.07, 6.45) is 3.27. The number of alkyl halides is 2. The van der Waals surface area contributed by atoms with E-state index >= 15 is 0 Å². The molecule has 2 aliphatic rings. The molecule has 0 aromatic carbocycles. The molecule has 1 aromatic rings. The first kappa shape index (κ1) is 10.2. The van der Waals surface area contributed by atoms with Crippen molar-refractivity contribution < 1.29 is 0 Å². The molecular formula is C8H10Cl2N4S. The second kappa shape index (κ2) is 3.50. The van der Waals surface area contributed by atoms with Crippen molar-refractivity contribution in [3.05, 3.63) is 0 Å². The molecule has 0 saturated heterocycles. The average Bonchev–Trinajstić information content (AvgIpc) is 3.06. The highest BCUT2D eigenvalue weighted by Gasteiger charge is 2.51. The zero-order valence-electron chi connectivity index (χ0n) is 7.94. The van der Waals surface area contributed by atoms with Gasteiger partial charge in [0.05, 0.1) is 6.04 Å². The summed E-state index contributed by atoms with van der Waals surface area (Å²) in [7, 11) is 0. The standard InChI is InChI=1S/C8H10Cl2N4S/c9-8(10)3-5(8)4-15-7-11-12-13-14(7)6-1-2-6/h5-6H,1-4H2/t5-/m0/s1. The molecule has 2 aliphatic carbocycles. The van der Waals surface area contributed by atoms with Crippen LogP contribution in [0.5, 0.6) is 0 Å². The summed E-state index contributed by atoms with van der Waals surface area (Å²) >= 11 is 13.6. The van der Waals surface area contributed by atoms with Crippen LogP contribution in [0.3, 0.4) is 0 Å². The number of halogens is 2. The van der Waals surface area contributed by atoms with Gasteiger partial charge in [-0.1, -0.05) is 11.8 Å². The van der Waals surface area contributed by atoms with Gasteiger partial charge >= 0.3 is 0 Å². The minimum atomic E-state index is -0.495. The number of hydrogen-bond donors (Lipinski definition) is 0. The quantitative estimate of drug-likeness (QED) is 0.619. The number of aromatic nitrogens is 4. The minimum absolute atomic E-state index is 0.384. The van der Waals surface area contributed by atoms with Gasteiger partial charge in [-0.25, -0.2) is 4.68 Å². The fraction of sp³-hybridized carbons (Fsp3) is 0.875. The molecule has 1 atom stereocenters. The van der Waals surface area contributed by atoms with Gasteiger partial charge in [0, 0.05) is 11.7 Å². The van der Waals surface area contributed by atoms with Crippen LogP contribution in [0.1, 0.15) is 25.3 Å². The molecule has 4 nitrogen and oxygen atoms in total. The van der Waals surface area contributed by atoms with Crippen molar-refractivity contribution in [3.63, 3.8) is 0 Å². The Hall–Kier alpha value is -0.000000000000000167. The van der Waals surface area contributed by atoms with Gasteiger partial charge in [-0.05, 0) is 29.7 Å². The second-order valence-electron chi connectivity index (χ2n) is 4.11. The van der Waals surface area contributed by atoms with Crippen molar-refractivity contribution in [2.45, 2.75) is 34.8 Å². The van der Waals surface area contributed by atoms with E-state index in [-0.39, 0.29) is 0 Å². The van der Waals surface area contributed by atoms with Crippen LogP contribution in [0.2, 0.25) is 0 Å². The SMILES string of the molecule is ClC1(Cl)C[C@H]1CSc1nnnn1C1CC1. The Morgan fingerprint density at radius 3 is 2.80 bits per heavy atom. The van der Waals surface area contributed by atoms with E-state index in [2.05, 4.69) is 15.5 Å². The average molecular weight is 265 g/mol. The fourth-order valence-electron chi connectivity index (χ4n) is 1.45. The lowest BCUT2D eigenvalue weighted by molar-refractivity contribution is 0.565. The van der Waals surface area contributed by atoms with Crippen LogP contribution in [-0.4, -0.2) is 30.3 Å². The fourth-order valence-corrected chi connectivity index (χ4v) is 3.33. The van der Waals surface area contributed by atoms with E-state index in [4.69, 9.17) is 23.2 Å². The van der Waals surface area contributed by atoms with E-state index < -0.39 is 4.33 Å². The van der Waals surface area contributed by atoms with E-state index in [1.807, 2.05) is 4.68 Å². The Labute approximate surface area is 102 Å². The largest absolute Gasteiger partial charge is 0.217 e. The highest BCUT2D eigenvalue weighted by atomic mass is 35.5. The molecule has 0 unspecified atom stereocenters. The Morgan fingerprint density at radius 1 is 1.47 bits per heavy atom. The maximum atomic E-state index is 5.96. The lowest BCUT2D eigenvalue weighted by atomic mass is 10.5. The Kier molecular flexibility index (Phi) is 2.37. The van der Waals surface area contributed by atoms with Gasteiger partial charge in [0.25, 0.3) is 0 Å². The smallest absolute Gasteiger partial charge is 0.209 e. The maximum absolute atomic E-state index is 5.96. The first-order valence-corrected chi connectivity index (χ1v) is 6.69. The monoisotopic (exact) mass is 264 g/mol. The molecule has 0 amide bonds. The molecule has 0 bridgehead atoms. The minimum Gasteiger partial charge on any atom is -0.217 e. The first-order chi connectivity index (χ1) is 7.17. The zero-order valence-corrected chi connectivity index (χ0v) is 10.3. The van der Waals surface area contributed by atoms with Crippen molar-refractivity contribution in [2.24, 2.45) is 5.92 Å². The van der Waals surface area contributed by atoms with Crippen molar-refractivity contribution >= 4 is 35.0 Å². The number of rotatable bonds is 4. The number of tetrazole rings is 1. The highest BCUT2D eigenvalue weighted by molar-refractivity contribution is 7.99. The molecule has 2 saturated carbocycles. The third kappa shape index (κ3) is 2.10. The van der Waals surface area contributed by atoms with Crippen LogP contribution in [0.25, 0.3) is 0 Å². The van der Waals surface area contributed by atoms with Gasteiger partial charge in [-0.3, -0.25) is 0 Å². The third-order valence-corrected chi connectivity index (χ3v) is 4.75. The van der Waals surface area contributed by atoms with Gasteiger partial charge in [0.1, 0.15) is 4.33 Å². The second-order valence-corrected chi connectivity index (χ2v) is 6.64. The molecule has 82 valence electrons. The predicted molar refractivity (Wildman–Crippen MR) is 59.4 cm³/mol. The van der Waals surface area contributed by atoms with Crippen LogP contribution < -0.4 is 0 Å². The summed E-state index contributed by atoms with van der Waals surface area (Å²) < 4.78 is 1.42. The van der Waals surface area contributed by atoms with Crippen LogP contribution >= 0.6 is 35.0 Å².